The molecule has 0 unspecified atom stereocenters. The first-order valence-electron chi connectivity index (χ1n) is 7.62. The summed E-state index contributed by atoms with van der Waals surface area (Å²) in [7, 11) is 1.43. The molecule has 2 amide bonds. The lowest BCUT2D eigenvalue weighted by Crippen LogP contribution is -2.22. The number of nitro groups is 1. The SMILES string of the molecule is CN1C(=O)S/C(=C\c2ccccc2OCc2cccc([N+](=O)[O-])c2)C1=O. The van der Waals surface area contributed by atoms with E-state index in [2.05, 4.69) is 0 Å². The van der Waals surface area contributed by atoms with Gasteiger partial charge >= 0.3 is 0 Å². The summed E-state index contributed by atoms with van der Waals surface area (Å²) in [5.41, 5.74) is 1.30. The molecule has 26 heavy (non-hydrogen) atoms. The third-order valence-corrected chi connectivity index (χ3v) is 4.67. The largest absolute Gasteiger partial charge is 0.488 e. The highest BCUT2D eigenvalue weighted by Crippen LogP contribution is 2.33. The van der Waals surface area contributed by atoms with E-state index in [1.807, 2.05) is 0 Å². The second kappa shape index (κ2) is 7.40. The zero-order valence-electron chi connectivity index (χ0n) is 13.7. The molecule has 2 aromatic carbocycles. The summed E-state index contributed by atoms with van der Waals surface area (Å²) in [6, 6.07) is 13.3. The quantitative estimate of drug-likeness (QED) is 0.451. The summed E-state index contributed by atoms with van der Waals surface area (Å²) < 4.78 is 5.77. The van der Waals surface area contributed by atoms with Crippen LogP contribution in [0.1, 0.15) is 11.1 Å². The third-order valence-electron chi connectivity index (χ3n) is 3.71. The van der Waals surface area contributed by atoms with Crippen LogP contribution >= 0.6 is 11.8 Å². The number of carbonyl (C=O) groups is 2. The van der Waals surface area contributed by atoms with Gasteiger partial charge in [0.2, 0.25) is 0 Å². The van der Waals surface area contributed by atoms with Crippen LogP contribution in [0, 0.1) is 10.1 Å². The van der Waals surface area contributed by atoms with Crippen molar-refractivity contribution in [3.8, 4) is 5.75 Å². The number of nitro benzene ring substituents is 1. The fourth-order valence-corrected chi connectivity index (χ4v) is 3.16. The van der Waals surface area contributed by atoms with Crippen molar-refractivity contribution in [2.75, 3.05) is 7.05 Å². The van der Waals surface area contributed by atoms with Gasteiger partial charge < -0.3 is 4.74 Å². The van der Waals surface area contributed by atoms with Crippen LogP contribution in [0.3, 0.4) is 0 Å². The Morgan fingerprint density at radius 2 is 1.96 bits per heavy atom. The summed E-state index contributed by atoms with van der Waals surface area (Å²) >= 11 is 0.873. The van der Waals surface area contributed by atoms with E-state index in [4.69, 9.17) is 4.74 Å². The molecule has 0 aliphatic carbocycles. The molecule has 2 aromatic rings. The van der Waals surface area contributed by atoms with Crippen molar-refractivity contribution in [3.63, 3.8) is 0 Å². The van der Waals surface area contributed by atoms with Gasteiger partial charge in [0, 0.05) is 24.7 Å². The lowest BCUT2D eigenvalue weighted by molar-refractivity contribution is -0.384. The third kappa shape index (κ3) is 3.75. The van der Waals surface area contributed by atoms with E-state index >= 15 is 0 Å². The Bertz CT molecular complexity index is 925. The number of hydrogen-bond acceptors (Lipinski definition) is 6. The van der Waals surface area contributed by atoms with E-state index in [0.717, 1.165) is 16.7 Å². The number of para-hydroxylation sites is 1. The fraction of sp³-hybridized carbons (Fsp3) is 0.111. The van der Waals surface area contributed by atoms with Crippen molar-refractivity contribution >= 4 is 34.7 Å². The van der Waals surface area contributed by atoms with Gasteiger partial charge in [0.05, 0.1) is 9.83 Å². The standard InChI is InChI=1S/C18H14N2O5S/c1-19-17(21)16(26-18(19)22)10-13-6-2-3-8-15(13)25-11-12-5-4-7-14(9-12)20(23)24/h2-10H,11H2,1H3/b16-10-. The average molecular weight is 370 g/mol. The highest BCUT2D eigenvalue weighted by atomic mass is 32.2. The summed E-state index contributed by atoms with van der Waals surface area (Å²) in [6.07, 6.45) is 1.61. The highest BCUT2D eigenvalue weighted by molar-refractivity contribution is 8.18. The zero-order chi connectivity index (χ0) is 18.7. The Labute approximate surface area is 153 Å². The number of ether oxygens (including phenoxy) is 1. The molecule has 0 spiro atoms. The fourth-order valence-electron chi connectivity index (χ4n) is 2.34. The molecular weight excluding hydrogens is 356 g/mol. The lowest BCUT2D eigenvalue weighted by atomic mass is 10.1. The highest BCUT2D eigenvalue weighted by Gasteiger charge is 2.31. The molecule has 0 bridgehead atoms. The first-order chi connectivity index (χ1) is 12.5. The Morgan fingerprint density at radius 3 is 2.65 bits per heavy atom. The molecule has 0 atom stereocenters. The van der Waals surface area contributed by atoms with Crippen LogP contribution in [0.5, 0.6) is 5.75 Å². The Morgan fingerprint density at radius 1 is 1.19 bits per heavy atom. The maximum Gasteiger partial charge on any atom is 0.293 e. The van der Waals surface area contributed by atoms with Gasteiger partial charge in [-0.1, -0.05) is 30.3 Å². The Hall–Kier alpha value is -3.13. The van der Waals surface area contributed by atoms with Gasteiger partial charge in [-0.25, -0.2) is 0 Å². The van der Waals surface area contributed by atoms with Gasteiger partial charge in [0.1, 0.15) is 12.4 Å². The van der Waals surface area contributed by atoms with E-state index in [1.54, 1.807) is 42.5 Å². The van der Waals surface area contributed by atoms with Gasteiger partial charge in [-0.05, 0) is 29.5 Å². The number of likely N-dealkylation sites (N-methyl/N-ethyl adjacent to an activating group) is 1. The number of benzene rings is 2. The molecule has 132 valence electrons. The molecule has 1 fully saturated rings. The monoisotopic (exact) mass is 370 g/mol. The van der Waals surface area contributed by atoms with E-state index in [1.165, 1.54) is 19.2 Å². The molecule has 1 heterocycles. The smallest absolute Gasteiger partial charge is 0.293 e. The van der Waals surface area contributed by atoms with Gasteiger partial charge in [-0.3, -0.25) is 24.6 Å². The molecule has 7 nitrogen and oxygen atoms in total. The number of rotatable bonds is 5. The van der Waals surface area contributed by atoms with Gasteiger partial charge in [0.25, 0.3) is 16.8 Å². The topological polar surface area (TPSA) is 89.8 Å². The lowest BCUT2D eigenvalue weighted by Gasteiger charge is -2.09. The van der Waals surface area contributed by atoms with Gasteiger partial charge in [-0.2, -0.15) is 0 Å². The van der Waals surface area contributed by atoms with E-state index < -0.39 is 4.92 Å². The first kappa shape index (κ1) is 17.7. The molecule has 1 aliphatic rings. The summed E-state index contributed by atoms with van der Waals surface area (Å²) in [6.45, 7) is 0.141. The number of thioether (sulfide) groups is 1. The van der Waals surface area contributed by atoms with Crippen LogP contribution in [-0.2, 0) is 11.4 Å². The van der Waals surface area contributed by atoms with E-state index in [-0.39, 0.29) is 23.4 Å². The van der Waals surface area contributed by atoms with Crippen molar-refractivity contribution < 1.29 is 19.2 Å². The number of hydrogen-bond donors (Lipinski definition) is 0. The number of carbonyl (C=O) groups excluding carboxylic acids is 2. The van der Waals surface area contributed by atoms with Crippen LogP contribution in [0.2, 0.25) is 0 Å². The number of amides is 2. The summed E-state index contributed by atoms with van der Waals surface area (Å²) in [4.78, 5) is 35.4. The van der Waals surface area contributed by atoms with Crippen molar-refractivity contribution in [1.29, 1.82) is 0 Å². The van der Waals surface area contributed by atoms with E-state index in [0.29, 0.717) is 21.8 Å². The van der Waals surface area contributed by atoms with E-state index in [9.17, 15) is 19.7 Å². The predicted molar refractivity (Wildman–Crippen MR) is 97.6 cm³/mol. The van der Waals surface area contributed by atoms with Crippen molar-refractivity contribution in [2.45, 2.75) is 6.61 Å². The molecule has 3 rings (SSSR count). The number of imide groups is 1. The molecule has 0 N–H and O–H groups in total. The van der Waals surface area contributed by atoms with Crippen LogP contribution in [-0.4, -0.2) is 28.0 Å². The molecule has 0 saturated carbocycles. The minimum atomic E-state index is -0.460. The zero-order valence-corrected chi connectivity index (χ0v) is 14.6. The second-order valence-electron chi connectivity index (χ2n) is 5.49. The maximum atomic E-state index is 12.0. The number of nitrogens with zero attached hydrogens (tertiary/aromatic N) is 2. The molecule has 1 saturated heterocycles. The van der Waals surface area contributed by atoms with Crippen molar-refractivity contribution in [3.05, 3.63) is 74.7 Å². The van der Waals surface area contributed by atoms with Crippen LogP contribution < -0.4 is 4.74 Å². The molecule has 0 radical (unpaired) electrons. The minimum Gasteiger partial charge on any atom is -0.488 e. The summed E-state index contributed by atoms with van der Waals surface area (Å²) in [5, 5.41) is 10.5. The van der Waals surface area contributed by atoms with Crippen molar-refractivity contribution in [2.24, 2.45) is 0 Å². The average Bonchev–Trinajstić information content (AvgIpc) is 2.88. The van der Waals surface area contributed by atoms with Gasteiger partial charge in [-0.15, -0.1) is 0 Å². The molecule has 8 heteroatoms. The molecule has 0 aromatic heterocycles. The van der Waals surface area contributed by atoms with Crippen LogP contribution in [0.25, 0.3) is 6.08 Å². The predicted octanol–water partition coefficient (Wildman–Crippen LogP) is 3.84. The van der Waals surface area contributed by atoms with Gasteiger partial charge in [0.15, 0.2) is 0 Å². The number of non-ortho nitro benzene ring substituents is 1. The minimum absolute atomic E-state index is 0.00370. The van der Waals surface area contributed by atoms with Crippen molar-refractivity contribution in [1.82, 2.24) is 4.90 Å². The second-order valence-corrected chi connectivity index (χ2v) is 6.49. The normalized spacial score (nSPS) is 15.6. The summed E-state index contributed by atoms with van der Waals surface area (Å²) in [5.74, 6) is 0.162. The molecule has 1 aliphatic heterocycles. The van der Waals surface area contributed by atoms with Crippen LogP contribution in [0.4, 0.5) is 10.5 Å². The maximum absolute atomic E-state index is 12.0. The molecular formula is C18H14N2O5S. The van der Waals surface area contributed by atoms with Crippen LogP contribution in [0.15, 0.2) is 53.4 Å². The Kier molecular flexibility index (Phi) is 5.04. The Balaban J connectivity index is 1.80. The first-order valence-corrected chi connectivity index (χ1v) is 8.44.